The third-order valence-electron chi connectivity index (χ3n) is 8.20. The molecule has 0 amide bonds. The van der Waals surface area contributed by atoms with Crippen molar-refractivity contribution < 1.29 is 10.3 Å². The molecule has 0 aromatic carbocycles. The van der Waals surface area contributed by atoms with E-state index in [-0.39, 0.29) is 11.5 Å². The fourth-order valence-corrected chi connectivity index (χ4v) is 6.82. The van der Waals surface area contributed by atoms with E-state index in [1.54, 1.807) is 0 Å². The summed E-state index contributed by atoms with van der Waals surface area (Å²) in [7, 11) is 0. The molecule has 0 aliphatic heterocycles. The number of hydrogen-bond donors (Lipinski definition) is 2. The van der Waals surface area contributed by atoms with Gasteiger partial charge in [-0.15, -0.1) is 0 Å². The molecule has 2 N–H and O–H groups in total. The lowest BCUT2D eigenvalue weighted by Crippen LogP contribution is -2.50. The second kappa shape index (κ2) is 5.45. The van der Waals surface area contributed by atoms with Gasteiger partial charge in [0.2, 0.25) is 0 Å². The van der Waals surface area contributed by atoms with E-state index in [9.17, 15) is 10.3 Å². The molecule has 0 spiro atoms. The Bertz CT molecular complexity index is 634. The third-order valence-corrected chi connectivity index (χ3v) is 8.20. The zero-order valence-corrected chi connectivity index (χ0v) is 15.3. The molecule has 6 atom stereocenters. The van der Waals surface area contributed by atoms with Gasteiger partial charge < -0.3 is 10.3 Å². The first-order valence-electron chi connectivity index (χ1n) is 9.67. The molecule has 24 heavy (non-hydrogen) atoms. The van der Waals surface area contributed by atoms with Gasteiger partial charge >= 0.3 is 0 Å². The van der Waals surface area contributed by atoms with E-state index in [1.807, 2.05) is 6.92 Å². The van der Waals surface area contributed by atoms with Crippen molar-refractivity contribution in [3.63, 3.8) is 0 Å². The molecule has 4 aliphatic rings. The molecule has 0 saturated heterocycles. The van der Waals surface area contributed by atoms with Crippen LogP contribution in [0.4, 0.5) is 0 Å². The Morgan fingerprint density at radius 3 is 2.58 bits per heavy atom. The topological polar surface area (TPSA) is 52.8 Å². The smallest absolute Gasteiger partial charge is 0.0799 e. The minimum absolute atomic E-state index is 0.127. The van der Waals surface area contributed by atoms with Crippen molar-refractivity contribution in [3.8, 4) is 0 Å². The minimum atomic E-state index is -0.127. The lowest BCUT2D eigenvalue weighted by molar-refractivity contribution is -0.0280. The van der Waals surface area contributed by atoms with E-state index < -0.39 is 0 Å². The van der Waals surface area contributed by atoms with Crippen LogP contribution in [0.2, 0.25) is 0 Å². The zero-order chi connectivity index (χ0) is 17.1. The van der Waals surface area contributed by atoms with Gasteiger partial charge in [-0.2, -0.15) is 0 Å². The summed E-state index contributed by atoms with van der Waals surface area (Å²) in [5, 5.41) is 22.9. The summed E-state index contributed by atoms with van der Waals surface area (Å²) in [4.78, 5) is 0. The Morgan fingerprint density at radius 1 is 1.08 bits per heavy atom. The van der Waals surface area contributed by atoms with Crippen LogP contribution >= 0.6 is 0 Å². The maximum absolute atomic E-state index is 10.1. The Kier molecular flexibility index (Phi) is 3.72. The van der Waals surface area contributed by atoms with Gasteiger partial charge in [0.15, 0.2) is 0 Å². The highest BCUT2D eigenvalue weighted by molar-refractivity contribution is 5.99. The predicted octanol–water partition coefficient (Wildman–Crippen LogP) is 4.70. The first-order chi connectivity index (χ1) is 11.4. The average Bonchev–Trinajstić information content (AvgIpc) is 2.92. The van der Waals surface area contributed by atoms with E-state index >= 15 is 0 Å². The summed E-state index contributed by atoms with van der Waals surface area (Å²) in [5.41, 5.74) is 4.09. The van der Waals surface area contributed by atoms with Crippen molar-refractivity contribution in [1.82, 2.24) is 0 Å². The van der Waals surface area contributed by atoms with Gasteiger partial charge in [0.25, 0.3) is 0 Å². The molecule has 3 heteroatoms. The monoisotopic (exact) mass is 329 g/mol. The number of fused-ring (bicyclic) bond motifs is 5. The molecule has 4 aliphatic carbocycles. The normalized spacial score (nSPS) is 48.1. The van der Waals surface area contributed by atoms with E-state index in [1.165, 1.54) is 30.4 Å². The van der Waals surface area contributed by atoms with Crippen molar-refractivity contribution in [3.05, 3.63) is 23.3 Å². The fraction of sp³-hybridized carbons (Fsp3) is 0.762. The molecule has 0 heterocycles. The number of aliphatic hydroxyl groups is 1. The Balaban J connectivity index is 1.66. The van der Waals surface area contributed by atoms with Crippen LogP contribution in [0.5, 0.6) is 0 Å². The summed E-state index contributed by atoms with van der Waals surface area (Å²) in [6.07, 6.45) is 12.4. The van der Waals surface area contributed by atoms with Crippen LogP contribution in [0.15, 0.2) is 28.5 Å². The zero-order valence-electron chi connectivity index (χ0n) is 15.3. The standard InChI is InChI=1S/C21H31NO2/c1-13(22-24)17-6-7-18-16-5-4-14-12-15(23)8-10-20(14,2)19(16)9-11-21(17,18)3/h4,6,15-16,18-19,23-24H,5,7-12H2,1-3H3/b22-13+/t15-,16-,18-,19+,20-,21+/m0/s1. The van der Waals surface area contributed by atoms with E-state index in [4.69, 9.17) is 0 Å². The number of oxime groups is 1. The second-order valence-electron chi connectivity index (χ2n) is 9.15. The maximum Gasteiger partial charge on any atom is 0.0799 e. The Morgan fingerprint density at radius 2 is 1.83 bits per heavy atom. The van der Waals surface area contributed by atoms with Gasteiger partial charge in [0.05, 0.1) is 11.8 Å². The van der Waals surface area contributed by atoms with Gasteiger partial charge in [-0.25, -0.2) is 0 Å². The number of nitrogens with zero attached hydrogens (tertiary/aromatic N) is 1. The highest BCUT2D eigenvalue weighted by atomic mass is 16.4. The van der Waals surface area contributed by atoms with Crippen molar-refractivity contribution in [2.75, 3.05) is 0 Å². The minimum Gasteiger partial charge on any atom is -0.411 e. The van der Waals surface area contributed by atoms with E-state index in [0.717, 1.165) is 43.2 Å². The number of allylic oxidation sites excluding steroid dienone is 3. The molecule has 0 unspecified atom stereocenters. The molecule has 0 aromatic heterocycles. The molecule has 132 valence electrons. The van der Waals surface area contributed by atoms with E-state index in [2.05, 4.69) is 31.2 Å². The van der Waals surface area contributed by atoms with Crippen LogP contribution in [0.3, 0.4) is 0 Å². The largest absolute Gasteiger partial charge is 0.411 e. The van der Waals surface area contributed by atoms with Crippen LogP contribution in [0, 0.1) is 28.6 Å². The first-order valence-corrected chi connectivity index (χ1v) is 9.67. The van der Waals surface area contributed by atoms with Crippen LogP contribution < -0.4 is 0 Å². The highest BCUT2D eigenvalue weighted by Crippen LogP contribution is 2.65. The molecular formula is C21H31NO2. The van der Waals surface area contributed by atoms with Crippen LogP contribution in [0.25, 0.3) is 0 Å². The van der Waals surface area contributed by atoms with Crippen LogP contribution in [-0.2, 0) is 0 Å². The first kappa shape index (κ1) is 16.4. The number of aliphatic hydroxyl groups excluding tert-OH is 1. The highest BCUT2D eigenvalue weighted by Gasteiger charge is 2.56. The SMILES string of the molecule is C/C(=N\O)C1=CC[C@H]2[C@@H]3CC=C4C[C@@H](O)CC[C@]4(C)[C@@H]3CC[C@]12C. The molecule has 0 aromatic rings. The lowest BCUT2D eigenvalue weighted by Gasteiger charge is -2.57. The molecule has 0 bridgehead atoms. The second-order valence-corrected chi connectivity index (χ2v) is 9.15. The summed E-state index contributed by atoms with van der Waals surface area (Å²) in [6.45, 7) is 6.80. The summed E-state index contributed by atoms with van der Waals surface area (Å²) in [5.74, 6) is 2.15. The Hall–Kier alpha value is -1.09. The number of hydrogen-bond acceptors (Lipinski definition) is 3. The van der Waals surface area contributed by atoms with Gasteiger partial charge in [-0.3, -0.25) is 0 Å². The lowest BCUT2D eigenvalue weighted by atomic mass is 9.47. The summed E-state index contributed by atoms with van der Waals surface area (Å²) >= 11 is 0. The molecule has 3 nitrogen and oxygen atoms in total. The van der Waals surface area contributed by atoms with Gasteiger partial charge in [0.1, 0.15) is 0 Å². The fourth-order valence-electron chi connectivity index (χ4n) is 6.82. The van der Waals surface area contributed by atoms with Crippen LogP contribution in [0.1, 0.15) is 65.7 Å². The van der Waals surface area contributed by atoms with Crippen molar-refractivity contribution >= 4 is 5.71 Å². The summed E-state index contributed by atoms with van der Waals surface area (Å²) in [6, 6.07) is 0. The van der Waals surface area contributed by atoms with Gasteiger partial charge in [-0.05, 0) is 86.0 Å². The van der Waals surface area contributed by atoms with Crippen LogP contribution in [-0.4, -0.2) is 22.1 Å². The predicted molar refractivity (Wildman–Crippen MR) is 96.1 cm³/mol. The molecule has 4 rings (SSSR count). The molecule has 0 radical (unpaired) electrons. The van der Waals surface area contributed by atoms with E-state index in [0.29, 0.717) is 11.3 Å². The van der Waals surface area contributed by atoms with Gasteiger partial charge in [0, 0.05) is 0 Å². The Labute approximate surface area is 145 Å². The molecule has 2 saturated carbocycles. The molecule has 2 fully saturated rings. The maximum atomic E-state index is 10.1. The van der Waals surface area contributed by atoms with Crippen molar-refractivity contribution in [2.45, 2.75) is 71.8 Å². The van der Waals surface area contributed by atoms with Crippen molar-refractivity contribution in [2.24, 2.45) is 33.7 Å². The summed E-state index contributed by atoms with van der Waals surface area (Å²) < 4.78 is 0. The van der Waals surface area contributed by atoms with Crippen molar-refractivity contribution in [1.29, 1.82) is 0 Å². The quantitative estimate of drug-likeness (QED) is 0.317. The number of rotatable bonds is 1. The third kappa shape index (κ3) is 2.09. The average molecular weight is 329 g/mol. The molecular weight excluding hydrogens is 298 g/mol. The van der Waals surface area contributed by atoms with Gasteiger partial charge in [-0.1, -0.05) is 36.7 Å².